The van der Waals surface area contributed by atoms with Gasteiger partial charge in [-0.2, -0.15) is 5.10 Å². The summed E-state index contributed by atoms with van der Waals surface area (Å²) in [5.41, 5.74) is 2.72. The Labute approximate surface area is 140 Å². The molecule has 1 heterocycles. The van der Waals surface area contributed by atoms with E-state index < -0.39 is 0 Å². The van der Waals surface area contributed by atoms with Crippen molar-refractivity contribution in [1.82, 2.24) is 14.7 Å². The van der Waals surface area contributed by atoms with Crippen LogP contribution >= 0.6 is 11.6 Å². The van der Waals surface area contributed by atoms with E-state index in [2.05, 4.69) is 11.7 Å². The number of nitrogens with zero attached hydrogens (tertiary/aromatic N) is 3. The lowest BCUT2D eigenvalue weighted by molar-refractivity contribution is 0.203. The van der Waals surface area contributed by atoms with E-state index in [0.29, 0.717) is 31.3 Å². The molecular formula is C17H21ClFN3O. The van der Waals surface area contributed by atoms with Gasteiger partial charge in [0, 0.05) is 25.2 Å². The number of aryl methyl sites for hydroxylation is 1. The first kappa shape index (κ1) is 17.7. The molecule has 1 N–H and O–H groups in total. The Morgan fingerprint density at radius 1 is 1.39 bits per heavy atom. The quantitative estimate of drug-likeness (QED) is 0.753. The molecule has 0 radical (unpaired) electrons. The average Bonchev–Trinajstić information content (AvgIpc) is 2.78. The Balaban J connectivity index is 2.17. The molecule has 0 spiro atoms. The largest absolute Gasteiger partial charge is 0.395 e. The number of rotatable bonds is 8. The summed E-state index contributed by atoms with van der Waals surface area (Å²) < 4.78 is 14.7. The van der Waals surface area contributed by atoms with Crippen molar-refractivity contribution in [2.24, 2.45) is 0 Å². The van der Waals surface area contributed by atoms with Crippen LogP contribution in [0, 0.1) is 12.7 Å². The van der Waals surface area contributed by atoms with Crippen molar-refractivity contribution in [3.63, 3.8) is 0 Å². The van der Waals surface area contributed by atoms with Gasteiger partial charge in [-0.3, -0.25) is 4.90 Å². The highest BCUT2D eigenvalue weighted by Gasteiger charge is 2.16. The van der Waals surface area contributed by atoms with E-state index in [0.717, 1.165) is 16.8 Å². The van der Waals surface area contributed by atoms with Gasteiger partial charge in [-0.05, 0) is 24.6 Å². The second-order valence-corrected chi connectivity index (χ2v) is 5.74. The van der Waals surface area contributed by atoms with Gasteiger partial charge < -0.3 is 5.11 Å². The molecule has 2 rings (SSSR count). The van der Waals surface area contributed by atoms with Crippen LogP contribution in [-0.2, 0) is 13.1 Å². The Hall–Kier alpha value is -1.69. The minimum Gasteiger partial charge on any atom is -0.395 e. The third-order valence-corrected chi connectivity index (χ3v) is 4.04. The molecule has 0 amide bonds. The molecule has 1 aromatic heterocycles. The standard InChI is InChI=1S/C17H21ClFN3O/c1-3-8-21(9-10-23)12-16-13(2)20-22(17(16)18)11-14-4-6-15(19)7-5-14/h3-7,23H,1,8-12H2,2H3. The Bertz CT molecular complexity index is 655. The third-order valence-electron chi connectivity index (χ3n) is 3.61. The summed E-state index contributed by atoms with van der Waals surface area (Å²) in [4.78, 5) is 2.05. The van der Waals surface area contributed by atoms with Gasteiger partial charge in [0.2, 0.25) is 0 Å². The van der Waals surface area contributed by atoms with Crippen LogP contribution in [-0.4, -0.2) is 39.5 Å². The Kier molecular flexibility index (Phi) is 6.33. The SMILES string of the molecule is C=CCN(CCO)Cc1c(C)nn(Cc2ccc(F)cc2)c1Cl. The van der Waals surface area contributed by atoms with Crippen LogP contribution in [0.1, 0.15) is 16.8 Å². The number of aliphatic hydroxyl groups excluding tert-OH is 1. The van der Waals surface area contributed by atoms with Gasteiger partial charge in [0.1, 0.15) is 11.0 Å². The zero-order valence-corrected chi connectivity index (χ0v) is 13.9. The third kappa shape index (κ3) is 4.64. The minimum absolute atomic E-state index is 0.0776. The Morgan fingerprint density at radius 3 is 2.70 bits per heavy atom. The lowest BCUT2D eigenvalue weighted by atomic mass is 10.2. The molecule has 0 aliphatic rings. The minimum atomic E-state index is -0.263. The molecule has 0 aliphatic carbocycles. The van der Waals surface area contributed by atoms with E-state index in [-0.39, 0.29) is 12.4 Å². The van der Waals surface area contributed by atoms with E-state index in [1.165, 1.54) is 12.1 Å². The molecule has 4 nitrogen and oxygen atoms in total. The summed E-state index contributed by atoms with van der Waals surface area (Å²) in [6.07, 6.45) is 1.79. The van der Waals surface area contributed by atoms with Crippen molar-refractivity contribution in [1.29, 1.82) is 0 Å². The van der Waals surface area contributed by atoms with Crippen LogP contribution in [0.5, 0.6) is 0 Å². The highest BCUT2D eigenvalue weighted by molar-refractivity contribution is 6.30. The number of aromatic nitrogens is 2. The summed E-state index contributed by atoms with van der Waals surface area (Å²) in [7, 11) is 0. The van der Waals surface area contributed by atoms with E-state index >= 15 is 0 Å². The van der Waals surface area contributed by atoms with Crippen LogP contribution in [0.15, 0.2) is 36.9 Å². The molecule has 0 bridgehead atoms. The van der Waals surface area contributed by atoms with Gasteiger partial charge in [-0.15, -0.1) is 6.58 Å². The smallest absolute Gasteiger partial charge is 0.132 e. The predicted octanol–water partition coefficient (Wildman–Crippen LogP) is 3.01. The fraction of sp³-hybridized carbons (Fsp3) is 0.353. The first-order valence-corrected chi connectivity index (χ1v) is 7.83. The van der Waals surface area contributed by atoms with E-state index in [4.69, 9.17) is 16.7 Å². The van der Waals surface area contributed by atoms with E-state index in [1.54, 1.807) is 22.9 Å². The van der Waals surface area contributed by atoms with E-state index in [9.17, 15) is 4.39 Å². The number of aliphatic hydroxyl groups is 1. The molecule has 0 fully saturated rings. The first-order chi connectivity index (χ1) is 11.0. The Morgan fingerprint density at radius 2 is 2.09 bits per heavy atom. The monoisotopic (exact) mass is 337 g/mol. The van der Waals surface area contributed by atoms with Crippen molar-refractivity contribution in [3.05, 3.63) is 64.7 Å². The number of benzene rings is 1. The van der Waals surface area contributed by atoms with E-state index in [1.807, 2.05) is 11.8 Å². The molecule has 1 aromatic carbocycles. The summed E-state index contributed by atoms with van der Waals surface area (Å²) in [5, 5.41) is 14.2. The predicted molar refractivity (Wildman–Crippen MR) is 90.0 cm³/mol. The van der Waals surface area contributed by atoms with Gasteiger partial charge in [-0.25, -0.2) is 9.07 Å². The van der Waals surface area contributed by atoms with Gasteiger partial charge in [0.15, 0.2) is 0 Å². The fourth-order valence-electron chi connectivity index (χ4n) is 2.42. The number of hydrogen-bond donors (Lipinski definition) is 1. The first-order valence-electron chi connectivity index (χ1n) is 7.45. The van der Waals surface area contributed by atoms with Crippen LogP contribution in [0.4, 0.5) is 4.39 Å². The molecule has 0 saturated heterocycles. The van der Waals surface area contributed by atoms with Crippen LogP contribution < -0.4 is 0 Å². The summed E-state index contributed by atoms with van der Waals surface area (Å²) in [5.74, 6) is -0.263. The molecular weight excluding hydrogens is 317 g/mol. The average molecular weight is 338 g/mol. The molecule has 0 saturated carbocycles. The van der Waals surface area contributed by atoms with Gasteiger partial charge in [0.05, 0.1) is 18.8 Å². The van der Waals surface area contributed by atoms with Crippen LogP contribution in [0.3, 0.4) is 0 Å². The zero-order chi connectivity index (χ0) is 16.8. The summed E-state index contributed by atoms with van der Waals surface area (Å²) >= 11 is 6.47. The van der Waals surface area contributed by atoms with Crippen molar-refractivity contribution in [2.45, 2.75) is 20.0 Å². The highest BCUT2D eigenvalue weighted by atomic mass is 35.5. The number of halogens is 2. The van der Waals surface area contributed by atoms with Gasteiger partial charge in [0.25, 0.3) is 0 Å². The van der Waals surface area contributed by atoms with Gasteiger partial charge in [-0.1, -0.05) is 29.8 Å². The van der Waals surface area contributed by atoms with Crippen molar-refractivity contribution in [2.75, 3.05) is 19.7 Å². The summed E-state index contributed by atoms with van der Waals surface area (Å²) in [6.45, 7) is 8.02. The molecule has 0 atom stereocenters. The maximum absolute atomic E-state index is 13.0. The fourth-order valence-corrected chi connectivity index (χ4v) is 2.71. The molecule has 124 valence electrons. The maximum Gasteiger partial charge on any atom is 0.132 e. The zero-order valence-electron chi connectivity index (χ0n) is 13.2. The van der Waals surface area contributed by atoms with Crippen LogP contribution in [0.25, 0.3) is 0 Å². The summed E-state index contributed by atoms with van der Waals surface area (Å²) in [6, 6.07) is 6.29. The second kappa shape index (κ2) is 8.24. The molecule has 2 aromatic rings. The molecule has 0 unspecified atom stereocenters. The lowest BCUT2D eigenvalue weighted by Crippen LogP contribution is -2.26. The topological polar surface area (TPSA) is 41.3 Å². The van der Waals surface area contributed by atoms with Gasteiger partial charge >= 0.3 is 0 Å². The maximum atomic E-state index is 13.0. The second-order valence-electron chi connectivity index (χ2n) is 5.39. The normalized spacial score (nSPS) is 11.2. The van der Waals surface area contributed by atoms with Crippen molar-refractivity contribution in [3.8, 4) is 0 Å². The van der Waals surface area contributed by atoms with Crippen LogP contribution in [0.2, 0.25) is 5.15 Å². The highest BCUT2D eigenvalue weighted by Crippen LogP contribution is 2.22. The lowest BCUT2D eigenvalue weighted by Gasteiger charge is -2.19. The molecule has 6 heteroatoms. The molecule has 23 heavy (non-hydrogen) atoms. The van der Waals surface area contributed by atoms with Crippen molar-refractivity contribution < 1.29 is 9.50 Å². The van der Waals surface area contributed by atoms with Crippen molar-refractivity contribution >= 4 is 11.6 Å². The molecule has 0 aliphatic heterocycles. The number of hydrogen-bond acceptors (Lipinski definition) is 3.